The first kappa shape index (κ1) is 19.1. The van der Waals surface area contributed by atoms with E-state index >= 15 is 0 Å². The molecule has 0 spiro atoms. The normalized spacial score (nSPS) is 13.0. The minimum atomic E-state index is -4.72. The maximum atomic E-state index is 12.0. The number of ether oxygens (including phenoxy) is 1. The molecule has 0 radical (unpaired) electrons. The fourth-order valence-electron chi connectivity index (χ4n) is 1.58. The molecule has 0 aliphatic rings. The molecule has 0 heterocycles. The first-order chi connectivity index (χ1) is 10.6. The summed E-state index contributed by atoms with van der Waals surface area (Å²) < 4.78 is 61.6. The Labute approximate surface area is 132 Å². The predicted octanol–water partition coefficient (Wildman–Crippen LogP) is 1.42. The molecule has 0 saturated heterocycles. The maximum absolute atomic E-state index is 12.0. The summed E-state index contributed by atoms with van der Waals surface area (Å²) in [6.07, 6.45) is -3.17. The quantitative estimate of drug-likeness (QED) is 0.439. The zero-order chi connectivity index (χ0) is 17.5. The molecule has 130 valence electrons. The van der Waals surface area contributed by atoms with Crippen LogP contribution in [0.25, 0.3) is 0 Å². The van der Waals surface area contributed by atoms with Crippen LogP contribution in [0.1, 0.15) is 12.0 Å². The van der Waals surface area contributed by atoms with E-state index in [1.807, 2.05) is 0 Å². The zero-order valence-corrected chi connectivity index (χ0v) is 13.2. The van der Waals surface area contributed by atoms with E-state index in [9.17, 15) is 21.6 Å². The Morgan fingerprint density at radius 3 is 2.43 bits per heavy atom. The fourth-order valence-corrected chi connectivity index (χ4v) is 2.25. The minimum Gasteiger partial charge on any atom is -0.406 e. The van der Waals surface area contributed by atoms with Gasteiger partial charge in [-0.15, -0.1) is 13.2 Å². The van der Waals surface area contributed by atoms with Gasteiger partial charge in [-0.25, -0.2) is 13.4 Å². The molecular weight excluding hydrogens is 335 g/mol. The Bertz CT molecular complexity index is 628. The second kappa shape index (κ2) is 8.04. The van der Waals surface area contributed by atoms with Crippen LogP contribution in [0.5, 0.6) is 5.75 Å². The number of nitrogens with one attached hydrogen (secondary N) is 1. The lowest BCUT2D eigenvalue weighted by atomic mass is 10.2. The molecule has 3 N–H and O–H groups in total. The van der Waals surface area contributed by atoms with Crippen LogP contribution in [0.4, 0.5) is 13.2 Å². The topological polar surface area (TPSA) is 93.8 Å². The van der Waals surface area contributed by atoms with Crippen molar-refractivity contribution in [1.82, 2.24) is 5.32 Å². The van der Waals surface area contributed by atoms with Gasteiger partial charge in [0.15, 0.2) is 5.96 Å². The van der Waals surface area contributed by atoms with Crippen LogP contribution < -0.4 is 15.8 Å². The molecule has 0 amide bonds. The molecule has 23 heavy (non-hydrogen) atoms. The number of rotatable bonds is 7. The Morgan fingerprint density at radius 1 is 1.30 bits per heavy atom. The molecule has 1 rings (SSSR count). The van der Waals surface area contributed by atoms with E-state index in [0.29, 0.717) is 18.5 Å². The van der Waals surface area contributed by atoms with Crippen LogP contribution in [-0.2, 0) is 16.4 Å². The van der Waals surface area contributed by atoms with Gasteiger partial charge in [0.25, 0.3) is 0 Å². The summed E-state index contributed by atoms with van der Waals surface area (Å²) in [5.41, 5.74) is 6.25. The van der Waals surface area contributed by atoms with Crippen molar-refractivity contribution in [2.75, 3.05) is 18.6 Å². The number of hydrogen-bond donors (Lipinski definition) is 2. The second-order valence-corrected chi connectivity index (χ2v) is 7.06. The van der Waals surface area contributed by atoms with Gasteiger partial charge in [0.1, 0.15) is 15.6 Å². The molecule has 0 fully saturated rings. The summed E-state index contributed by atoms with van der Waals surface area (Å²) >= 11 is 0. The lowest BCUT2D eigenvalue weighted by Gasteiger charge is -2.09. The van der Waals surface area contributed by atoms with Crippen LogP contribution in [0.3, 0.4) is 0 Å². The van der Waals surface area contributed by atoms with Gasteiger partial charge in [-0.3, -0.25) is 0 Å². The summed E-state index contributed by atoms with van der Waals surface area (Å²) in [6, 6.07) is 5.27. The molecule has 6 nitrogen and oxygen atoms in total. The van der Waals surface area contributed by atoms with Gasteiger partial charge >= 0.3 is 6.36 Å². The van der Waals surface area contributed by atoms with Gasteiger partial charge < -0.3 is 15.8 Å². The van der Waals surface area contributed by atoms with Crippen LogP contribution in [0.15, 0.2) is 29.3 Å². The van der Waals surface area contributed by atoms with Crippen molar-refractivity contribution in [3.8, 4) is 5.75 Å². The Kier molecular flexibility index (Phi) is 6.67. The molecule has 1 aromatic carbocycles. The summed E-state index contributed by atoms with van der Waals surface area (Å²) in [7, 11) is -3.01. The number of aliphatic imine (C=N–C) groups is 1. The molecule has 0 unspecified atom stereocenters. The molecule has 0 aromatic heterocycles. The number of nitrogens with two attached hydrogens (primary N) is 1. The number of benzene rings is 1. The van der Waals surface area contributed by atoms with Crippen molar-refractivity contribution >= 4 is 15.8 Å². The van der Waals surface area contributed by atoms with Crippen LogP contribution in [0, 0.1) is 0 Å². The van der Waals surface area contributed by atoms with Crippen LogP contribution >= 0.6 is 0 Å². The highest BCUT2D eigenvalue weighted by molar-refractivity contribution is 7.90. The van der Waals surface area contributed by atoms with Crippen molar-refractivity contribution in [1.29, 1.82) is 0 Å². The van der Waals surface area contributed by atoms with Gasteiger partial charge in [0.05, 0.1) is 12.3 Å². The van der Waals surface area contributed by atoms with Crippen LogP contribution in [-0.4, -0.2) is 39.3 Å². The first-order valence-corrected chi connectivity index (χ1v) is 8.67. The third kappa shape index (κ3) is 9.61. The van der Waals surface area contributed by atoms with Crippen LogP contribution in [0.2, 0.25) is 0 Å². The molecular formula is C13H18F3N3O3S. The van der Waals surface area contributed by atoms with Gasteiger partial charge in [-0.1, -0.05) is 12.1 Å². The fraction of sp³-hybridized carbons (Fsp3) is 0.462. The molecule has 1 aromatic rings. The maximum Gasteiger partial charge on any atom is 0.573 e. The second-order valence-electron chi connectivity index (χ2n) is 4.80. The summed E-state index contributed by atoms with van der Waals surface area (Å²) in [5.74, 6) is -0.125. The summed E-state index contributed by atoms with van der Waals surface area (Å²) in [6.45, 7) is 0.540. The van der Waals surface area contributed by atoms with Crippen molar-refractivity contribution in [2.45, 2.75) is 19.3 Å². The first-order valence-electron chi connectivity index (χ1n) is 6.61. The van der Waals surface area contributed by atoms with E-state index in [0.717, 1.165) is 6.26 Å². The average Bonchev–Trinajstić information content (AvgIpc) is 2.40. The van der Waals surface area contributed by atoms with Gasteiger partial charge in [-0.2, -0.15) is 0 Å². The highest BCUT2D eigenvalue weighted by Crippen LogP contribution is 2.22. The van der Waals surface area contributed by atoms with Crippen molar-refractivity contribution in [2.24, 2.45) is 10.7 Å². The number of hydrogen-bond acceptors (Lipinski definition) is 4. The number of sulfone groups is 1. The third-order valence-corrected chi connectivity index (χ3v) is 3.62. The zero-order valence-electron chi connectivity index (χ0n) is 12.4. The Hall–Kier alpha value is -1.97. The summed E-state index contributed by atoms with van der Waals surface area (Å²) in [5, 5.41) is 2.76. The smallest absolute Gasteiger partial charge is 0.406 e. The standard InChI is InChI=1S/C13H18F3N3O3S/c1-23(20,21)8-2-7-18-12(17)19-9-10-3-5-11(6-4-10)22-13(14,15)16/h3-6H,2,7-9H2,1H3,(H3,17,18,19). The molecule has 0 bridgehead atoms. The molecule has 0 saturated carbocycles. The Morgan fingerprint density at radius 2 is 1.91 bits per heavy atom. The van der Waals surface area contributed by atoms with Crippen molar-refractivity contribution in [3.05, 3.63) is 29.8 Å². The van der Waals surface area contributed by atoms with Crippen molar-refractivity contribution < 1.29 is 26.3 Å². The van der Waals surface area contributed by atoms with E-state index < -0.39 is 16.2 Å². The summed E-state index contributed by atoms with van der Waals surface area (Å²) in [4.78, 5) is 4.00. The third-order valence-electron chi connectivity index (χ3n) is 2.59. The van der Waals surface area contributed by atoms with Gasteiger partial charge in [-0.05, 0) is 24.1 Å². The van der Waals surface area contributed by atoms with Gasteiger partial charge in [0, 0.05) is 12.8 Å². The number of halogens is 3. The molecule has 10 heteroatoms. The molecule has 0 atom stereocenters. The van der Waals surface area contributed by atoms with Gasteiger partial charge in [0.2, 0.25) is 0 Å². The van der Waals surface area contributed by atoms with E-state index in [-0.39, 0.29) is 24.0 Å². The highest BCUT2D eigenvalue weighted by atomic mass is 32.2. The average molecular weight is 353 g/mol. The largest absolute Gasteiger partial charge is 0.573 e. The highest BCUT2D eigenvalue weighted by Gasteiger charge is 2.30. The lowest BCUT2D eigenvalue weighted by molar-refractivity contribution is -0.274. The number of guanidine groups is 1. The van der Waals surface area contributed by atoms with E-state index in [4.69, 9.17) is 5.73 Å². The minimum absolute atomic E-state index is 0.0496. The number of alkyl halides is 3. The number of nitrogens with zero attached hydrogens (tertiary/aromatic N) is 1. The van der Waals surface area contributed by atoms with Crippen molar-refractivity contribution in [3.63, 3.8) is 0 Å². The molecule has 0 aliphatic carbocycles. The lowest BCUT2D eigenvalue weighted by Crippen LogP contribution is -2.33. The Balaban J connectivity index is 2.41. The molecule has 0 aliphatic heterocycles. The SMILES string of the molecule is CS(=O)(=O)CCCNC(N)=NCc1ccc(OC(F)(F)F)cc1. The van der Waals surface area contributed by atoms with E-state index in [2.05, 4.69) is 15.0 Å². The van der Waals surface area contributed by atoms with E-state index in [1.165, 1.54) is 24.3 Å². The monoisotopic (exact) mass is 353 g/mol. The predicted molar refractivity (Wildman–Crippen MR) is 80.8 cm³/mol. The van der Waals surface area contributed by atoms with E-state index in [1.54, 1.807) is 0 Å².